The molecule has 2 aromatic carbocycles. The number of benzene rings is 2. The van der Waals surface area contributed by atoms with Crippen molar-refractivity contribution in [1.29, 1.82) is 0 Å². The number of allylic oxidation sites excluding steroid dienone is 1. The molecule has 0 atom stereocenters. The highest BCUT2D eigenvalue weighted by molar-refractivity contribution is 8.05. The lowest BCUT2D eigenvalue weighted by molar-refractivity contribution is -0.137. The molecule has 0 spiro atoms. The highest BCUT2D eigenvalue weighted by atomic mass is 32.2. The third-order valence-corrected chi connectivity index (χ3v) is 5.47. The normalized spacial score (nSPS) is 11.6. The van der Waals surface area contributed by atoms with E-state index >= 15 is 0 Å². The van der Waals surface area contributed by atoms with Crippen LogP contribution >= 0.6 is 11.8 Å². The smallest absolute Gasteiger partial charge is 0.378 e. The first-order valence-electron chi connectivity index (χ1n) is 9.93. The number of thioether (sulfide) groups is 1. The largest absolute Gasteiger partial charge is 0.416 e. The van der Waals surface area contributed by atoms with E-state index in [2.05, 4.69) is 21.9 Å². The van der Waals surface area contributed by atoms with Crippen LogP contribution in [0, 0.1) is 0 Å². The number of hydrogen-bond acceptors (Lipinski definition) is 4. The number of halogens is 3. The quantitative estimate of drug-likeness (QED) is 0.424. The molecule has 5 nitrogen and oxygen atoms in total. The lowest BCUT2D eigenvalue weighted by Crippen LogP contribution is -2.21. The van der Waals surface area contributed by atoms with Gasteiger partial charge in [-0.05, 0) is 48.7 Å². The Kier molecular flexibility index (Phi) is 7.33. The van der Waals surface area contributed by atoms with E-state index in [-0.39, 0.29) is 11.4 Å². The van der Waals surface area contributed by atoms with Gasteiger partial charge in [0.05, 0.1) is 10.6 Å². The highest BCUT2D eigenvalue weighted by Gasteiger charge is 2.30. The number of nitrogens with one attached hydrogen (secondary N) is 2. The van der Waals surface area contributed by atoms with E-state index in [4.69, 9.17) is 0 Å². The zero-order valence-electron chi connectivity index (χ0n) is 18.3. The number of nitrogens with zero attached hydrogens (tertiary/aromatic N) is 2. The molecule has 0 aliphatic rings. The summed E-state index contributed by atoms with van der Waals surface area (Å²) in [6.45, 7) is 5.65. The number of aromatic amines is 1. The molecular weight excluding hydrogens is 449 g/mol. The van der Waals surface area contributed by atoms with Crippen molar-refractivity contribution in [3.8, 4) is 22.6 Å². The van der Waals surface area contributed by atoms with Crippen molar-refractivity contribution in [2.75, 3.05) is 19.0 Å². The molecule has 1 aromatic heterocycles. The van der Waals surface area contributed by atoms with E-state index in [1.165, 1.54) is 23.9 Å². The second-order valence-electron chi connectivity index (χ2n) is 7.29. The van der Waals surface area contributed by atoms with Crippen molar-refractivity contribution in [2.24, 2.45) is 0 Å². The Labute approximate surface area is 194 Å². The fourth-order valence-corrected chi connectivity index (χ4v) is 3.44. The van der Waals surface area contributed by atoms with Crippen LogP contribution in [0.25, 0.3) is 22.6 Å². The van der Waals surface area contributed by atoms with Crippen molar-refractivity contribution in [3.05, 3.63) is 82.9 Å². The summed E-state index contributed by atoms with van der Waals surface area (Å²) < 4.78 is 38.9. The summed E-state index contributed by atoms with van der Waals surface area (Å²) in [6.07, 6.45) is -2.65. The van der Waals surface area contributed by atoms with Gasteiger partial charge in [-0.25, -0.2) is 4.98 Å². The summed E-state index contributed by atoms with van der Waals surface area (Å²) in [4.78, 5) is 22.5. The topological polar surface area (TPSA) is 61.0 Å². The van der Waals surface area contributed by atoms with E-state index in [0.717, 1.165) is 23.4 Å². The zero-order valence-corrected chi connectivity index (χ0v) is 19.1. The van der Waals surface area contributed by atoms with Crippen molar-refractivity contribution < 1.29 is 18.0 Å². The van der Waals surface area contributed by atoms with Crippen LogP contribution in [0.2, 0.25) is 0 Å². The number of hydrogen-bond donors (Lipinski definition) is 2. The third kappa shape index (κ3) is 5.87. The summed E-state index contributed by atoms with van der Waals surface area (Å²) in [5, 5.41) is 4.86. The molecule has 0 radical (unpaired) electrons. The molecule has 0 bridgehead atoms. The summed E-state index contributed by atoms with van der Waals surface area (Å²) in [6, 6.07) is 12.1. The number of carbonyl (C=O) groups excluding carboxylic acids is 1. The second kappa shape index (κ2) is 9.99. The lowest BCUT2D eigenvalue weighted by Gasteiger charge is -2.12. The molecule has 172 valence electrons. The first-order chi connectivity index (χ1) is 15.6. The molecule has 1 heterocycles. The monoisotopic (exact) mass is 472 g/mol. The molecule has 0 aliphatic heterocycles. The Morgan fingerprint density at radius 1 is 1.09 bits per heavy atom. The van der Waals surface area contributed by atoms with Crippen molar-refractivity contribution in [3.63, 3.8) is 0 Å². The van der Waals surface area contributed by atoms with Gasteiger partial charge in [0, 0.05) is 30.9 Å². The van der Waals surface area contributed by atoms with Gasteiger partial charge in [-0.15, -0.1) is 0 Å². The highest BCUT2D eigenvalue weighted by Crippen LogP contribution is 2.32. The number of carbonyl (C=O) groups is 1. The summed E-state index contributed by atoms with van der Waals surface area (Å²) in [5.41, 5.74) is 1.70. The van der Waals surface area contributed by atoms with E-state index in [1.807, 2.05) is 50.2 Å². The zero-order chi connectivity index (χ0) is 24.2. The van der Waals surface area contributed by atoms with Crippen LogP contribution in [0.5, 0.6) is 0 Å². The number of H-pyrrole nitrogens is 1. The fraction of sp³-hybridized carbons (Fsp3) is 0.167. The minimum atomic E-state index is -4.45. The Morgan fingerprint density at radius 2 is 1.70 bits per heavy atom. The number of anilines is 1. The van der Waals surface area contributed by atoms with Crippen LogP contribution in [0.1, 0.15) is 23.0 Å². The second-order valence-corrected chi connectivity index (χ2v) is 8.29. The molecule has 0 fully saturated rings. The lowest BCUT2D eigenvalue weighted by atomic mass is 10.1. The first-order valence-corrected chi connectivity index (χ1v) is 10.8. The van der Waals surface area contributed by atoms with Crippen molar-refractivity contribution >= 4 is 23.4 Å². The van der Waals surface area contributed by atoms with Gasteiger partial charge >= 0.3 is 6.18 Å². The van der Waals surface area contributed by atoms with Gasteiger partial charge in [0.1, 0.15) is 17.2 Å². The maximum absolute atomic E-state index is 13.0. The molecule has 0 saturated carbocycles. The third-order valence-electron chi connectivity index (χ3n) is 4.67. The SMILES string of the molecule is C=C(NC(=O)c1[nH]c(-c2ccc(N(C)C)cc2)nc1-c1ccc(C(F)(F)F)cc1)S/C=C\C. The Morgan fingerprint density at radius 3 is 2.24 bits per heavy atom. The molecule has 9 heteroatoms. The molecule has 0 unspecified atom stereocenters. The Bertz CT molecular complexity index is 1160. The molecule has 3 rings (SSSR count). The molecule has 33 heavy (non-hydrogen) atoms. The number of imidazole rings is 1. The minimum Gasteiger partial charge on any atom is -0.378 e. The number of amides is 1. The van der Waals surface area contributed by atoms with Gasteiger partial charge in [-0.3, -0.25) is 4.79 Å². The summed E-state index contributed by atoms with van der Waals surface area (Å²) in [5.74, 6) is -0.0670. The molecule has 2 N–H and O–H groups in total. The van der Waals surface area contributed by atoms with Crippen LogP contribution in [0.3, 0.4) is 0 Å². The first kappa shape index (κ1) is 24.2. The predicted molar refractivity (Wildman–Crippen MR) is 128 cm³/mol. The van der Waals surface area contributed by atoms with Gasteiger partial charge in [0.25, 0.3) is 5.91 Å². The van der Waals surface area contributed by atoms with Gasteiger partial charge in [0.2, 0.25) is 0 Å². The van der Waals surface area contributed by atoms with E-state index in [1.54, 1.807) is 11.5 Å². The van der Waals surface area contributed by atoms with Crippen LogP contribution in [0.4, 0.5) is 18.9 Å². The Balaban J connectivity index is 2.02. The fourth-order valence-electron chi connectivity index (χ4n) is 2.99. The molecule has 0 saturated heterocycles. The van der Waals surface area contributed by atoms with Gasteiger partial charge in [-0.2, -0.15) is 13.2 Å². The van der Waals surface area contributed by atoms with Crippen LogP contribution in [-0.2, 0) is 6.18 Å². The summed E-state index contributed by atoms with van der Waals surface area (Å²) >= 11 is 1.24. The van der Waals surface area contributed by atoms with E-state index in [0.29, 0.717) is 16.4 Å². The van der Waals surface area contributed by atoms with Gasteiger partial charge in [-0.1, -0.05) is 36.5 Å². The maximum Gasteiger partial charge on any atom is 0.416 e. The van der Waals surface area contributed by atoms with E-state index in [9.17, 15) is 18.0 Å². The van der Waals surface area contributed by atoms with Gasteiger partial charge in [0.15, 0.2) is 0 Å². The average molecular weight is 473 g/mol. The standard InChI is InChI=1S/C24H23F3N4OS/c1-5-14-33-15(2)28-23(32)21-20(16-6-10-18(11-7-16)24(25,26)27)29-22(30-21)17-8-12-19(13-9-17)31(3)4/h5-14H,2H2,1,3-4H3,(H,28,32)(H,29,30)/b14-5-. The molecule has 3 aromatic rings. The van der Waals surface area contributed by atoms with E-state index < -0.39 is 17.6 Å². The summed E-state index contributed by atoms with van der Waals surface area (Å²) in [7, 11) is 3.84. The maximum atomic E-state index is 13.0. The average Bonchev–Trinajstić information content (AvgIpc) is 3.23. The van der Waals surface area contributed by atoms with Crippen molar-refractivity contribution in [2.45, 2.75) is 13.1 Å². The van der Waals surface area contributed by atoms with Crippen LogP contribution < -0.4 is 10.2 Å². The van der Waals surface area contributed by atoms with Gasteiger partial charge < -0.3 is 15.2 Å². The number of alkyl halides is 3. The molecule has 0 aliphatic carbocycles. The van der Waals surface area contributed by atoms with Crippen LogP contribution in [-0.4, -0.2) is 30.0 Å². The van der Waals surface area contributed by atoms with Crippen LogP contribution in [0.15, 0.2) is 71.6 Å². The minimum absolute atomic E-state index is 0.128. The number of rotatable bonds is 7. The predicted octanol–water partition coefficient (Wildman–Crippen LogP) is 6.30. The number of aromatic nitrogens is 2. The molecule has 1 amide bonds. The molecular formula is C24H23F3N4OS. The van der Waals surface area contributed by atoms with Crippen molar-refractivity contribution in [1.82, 2.24) is 15.3 Å². The Hall–Kier alpha value is -3.46.